The number of urea groups is 1. The number of pyridine rings is 1. The fraction of sp³-hybridized carbons (Fsp3) is 0.500. The summed E-state index contributed by atoms with van der Waals surface area (Å²) >= 11 is 1.41. The minimum Gasteiger partial charge on any atom is -0.337 e. The number of carbonyl (C=O) groups excluding carboxylic acids is 1. The Hall–Kier alpha value is -1.99. The second-order valence-electron chi connectivity index (χ2n) is 6.43. The number of thiazole rings is 1. The number of aromatic nitrogens is 2. The Morgan fingerprint density at radius 2 is 2.20 bits per heavy atom. The number of amides is 2. The van der Waals surface area contributed by atoms with Gasteiger partial charge in [-0.15, -0.1) is 11.3 Å². The fourth-order valence-corrected chi connectivity index (χ4v) is 3.88. The van der Waals surface area contributed by atoms with Gasteiger partial charge in [-0.1, -0.05) is 19.3 Å². The molecule has 1 saturated carbocycles. The second kappa shape index (κ2) is 8.92. The predicted molar refractivity (Wildman–Crippen MR) is 102 cm³/mol. The number of carbonyl (C=O) groups is 1. The van der Waals surface area contributed by atoms with Crippen LogP contribution in [-0.4, -0.2) is 47.1 Å². The first-order chi connectivity index (χ1) is 12.2. The highest BCUT2D eigenvalue weighted by molar-refractivity contribution is 7.14. The molecule has 25 heavy (non-hydrogen) atoms. The number of rotatable bonds is 6. The highest BCUT2D eigenvalue weighted by Gasteiger charge is 2.17. The second-order valence-corrected chi connectivity index (χ2v) is 7.29. The minimum atomic E-state index is -0.205. The van der Waals surface area contributed by atoms with Crippen molar-refractivity contribution in [2.45, 2.75) is 38.1 Å². The topological polar surface area (TPSA) is 70.2 Å². The van der Waals surface area contributed by atoms with Crippen molar-refractivity contribution in [2.75, 3.05) is 25.5 Å². The molecule has 0 atom stereocenters. The third-order valence-electron chi connectivity index (χ3n) is 4.63. The Balaban J connectivity index is 1.41. The normalized spacial score (nSPS) is 15.3. The third kappa shape index (κ3) is 5.24. The van der Waals surface area contributed by atoms with Crippen molar-refractivity contribution < 1.29 is 4.79 Å². The van der Waals surface area contributed by atoms with E-state index in [4.69, 9.17) is 0 Å². The summed E-state index contributed by atoms with van der Waals surface area (Å²) in [5.41, 5.74) is 1.77. The SMILES string of the molecule is CN(CCNC(=O)Nc1nc(-c2cccnc2)cs1)C1CCCCC1. The lowest BCUT2D eigenvalue weighted by molar-refractivity contribution is 0.192. The maximum absolute atomic E-state index is 12.0. The van der Waals surface area contributed by atoms with Crippen molar-refractivity contribution >= 4 is 22.5 Å². The summed E-state index contributed by atoms with van der Waals surface area (Å²) < 4.78 is 0. The quantitative estimate of drug-likeness (QED) is 0.827. The first-order valence-corrected chi connectivity index (χ1v) is 9.71. The average Bonchev–Trinajstić information content (AvgIpc) is 3.11. The van der Waals surface area contributed by atoms with Crippen LogP contribution < -0.4 is 10.6 Å². The zero-order valence-electron chi connectivity index (χ0n) is 14.6. The zero-order valence-corrected chi connectivity index (χ0v) is 15.4. The summed E-state index contributed by atoms with van der Waals surface area (Å²) in [5.74, 6) is 0. The van der Waals surface area contributed by atoms with E-state index in [9.17, 15) is 4.79 Å². The van der Waals surface area contributed by atoms with E-state index in [-0.39, 0.29) is 6.03 Å². The van der Waals surface area contributed by atoms with E-state index in [1.807, 2.05) is 17.5 Å². The van der Waals surface area contributed by atoms with Gasteiger partial charge in [-0.25, -0.2) is 9.78 Å². The Morgan fingerprint density at radius 3 is 2.96 bits per heavy atom. The van der Waals surface area contributed by atoms with E-state index in [0.29, 0.717) is 17.7 Å². The third-order valence-corrected chi connectivity index (χ3v) is 5.39. The van der Waals surface area contributed by atoms with E-state index in [1.165, 1.54) is 43.4 Å². The van der Waals surface area contributed by atoms with Crippen LogP contribution in [0.2, 0.25) is 0 Å². The first kappa shape index (κ1) is 17.8. The Labute approximate surface area is 152 Å². The lowest BCUT2D eigenvalue weighted by atomic mass is 9.94. The van der Waals surface area contributed by atoms with E-state index >= 15 is 0 Å². The van der Waals surface area contributed by atoms with Gasteiger partial charge in [0.05, 0.1) is 5.69 Å². The number of nitrogens with zero attached hydrogens (tertiary/aromatic N) is 3. The monoisotopic (exact) mass is 359 g/mol. The van der Waals surface area contributed by atoms with Crippen LogP contribution in [-0.2, 0) is 0 Å². The van der Waals surface area contributed by atoms with Gasteiger partial charge in [0.1, 0.15) is 0 Å². The van der Waals surface area contributed by atoms with E-state index in [1.54, 1.807) is 12.4 Å². The zero-order chi connectivity index (χ0) is 17.5. The summed E-state index contributed by atoms with van der Waals surface area (Å²) in [4.78, 5) is 22.9. The molecule has 2 heterocycles. The summed E-state index contributed by atoms with van der Waals surface area (Å²) in [6, 6.07) is 4.29. The molecule has 134 valence electrons. The van der Waals surface area contributed by atoms with Gasteiger partial charge in [0.2, 0.25) is 0 Å². The first-order valence-electron chi connectivity index (χ1n) is 8.83. The molecule has 1 aliphatic rings. The summed E-state index contributed by atoms with van der Waals surface area (Å²) in [7, 11) is 2.15. The van der Waals surface area contributed by atoms with E-state index < -0.39 is 0 Å². The molecule has 0 aliphatic heterocycles. The van der Waals surface area contributed by atoms with Crippen LogP contribution in [0.5, 0.6) is 0 Å². The largest absolute Gasteiger partial charge is 0.337 e. The van der Waals surface area contributed by atoms with Crippen molar-refractivity contribution in [3.8, 4) is 11.3 Å². The van der Waals surface area contributed by atoms with Gasteiger partial charge in [0, 0.05) is 42.5 Å². The molecule has 2 amide bonds. The van der Waals surface area contributed by atoms with Crippen LogP contribution in [0, 0.1) is 0 Å². The van der Waals surface area contributed by atoms with Gasteiger partial charge in [-0.3, -0.25) is 10.3 Å². The highest BCUT2D eigenvalue weighted by Crippen LogP contribution is 2.24. The van der Waals surface area contributed by atoms with Gasteiger partial charge < -0.3 is 10.2 Å². The molecule has 7 heteroatoms. The smallest absolute Gasteiger partial charge is 0.321 e. The Kier molecular flexibility index (Phi) is 6.36. The molecular formula is C18H25N5OS. The van der Waals surface area contributed by atoms with Crippen LogP contribution in [0.3, 0.4) is 0 Å². The van der Waals surface area contributed by atoms with Gasteiger partial charge in [-0.05, 0) is 32.0 Å². The minimum absolute atomic E-state index is 0.205. The van der Waals surface area contributed by atoms with E-state index in [0.717, 1.165) is 17.8 Å². The van der Waals surface area contributed by atoms with Crippen molar-refractivity contribution in [2.24, 2.45) is 0 Å². The molecule has 0 radical (unpaired) electrons. The van der Waals surface area contributed by atoms with Crippen LogP contribution in [0.4, 0.5) is 9.93 Å². The molecule has 1 aliphatic carbocycles. The molecule has 6 nitrogen and oxygen atoms in total. The molecule has 1 fully saturated rings. The van der Waals surface area contributed by atoms with Gasteiger partial charge in [0.25, 0.3) is 0 Å². The molecule has 2 aromatic heterocycles. The lowest BCUT2D eigenvalue weighted by Crippen LogP contribution is -2.40. The predicted octanol–water partition coefficient (Wildman–Crippen LogP) is 3.59. The van der Waals surface area contributed by atoms with Crippen LogP contribution >= 0.6 is 11.3 Å². The number of hydrogen-bond acceptors (Lipinski definition) is 5. The molecule has 0 unspecified atom stereocenters. The van der Waals surface area contributed by atoms with Crippen LogP contribution in [0.15, 0.2) is 29.9 Å². The summed E-state index contributed by atoms with van der Waals surface area (Å²) in [5, 5.41) is 8.23. The fourth-order valence-electron chi connectivity index (χ4n) is 3.17. The molecule has 2 aromatic rings. The summed E-state index contributed by atoms with van der Waals surface area (Å²) in [6.45, 7) is 1.51. The van der Waals surface area contributed by atoms with Crippen molar-refractivity contribution in [1.82, 2.24) is 20.2 Å². The highest BCUT2D eigenvalue weighted by atomic mass is 32.1. The lowest BCUT2D eigenvalue weighted by Gasteiger charge is -2.31. The molecule has 0 aromatic carbocycles. The Bertz CT molecular complexity index is 669. The van der Waals surface area contributed by atoms with Crippen molar-refractivity contribution in [3.05, 3.63) is 29.9 Å². The standard InChI is InChI=1S/C18H25N5OS/c1-23(15-7-3-2-4-8-15)11-10-20-17(24)22-18-21-16(13-25-18)14-6-5-9-19-12-14/h5-6,9,12-13,15H,2-4,7-8,10-11H2,1H3,(H2,20,21,22,24). The molecular weight excluding hydrogens is 334 g/mol. The number of anilines is 1. The van der Waals surface area contributed by atoms with E-state index in [2.05, 4.69) is 32.5 Å². The average molecular weight is 359 g/mol. The van der Waals surface area contributed by atoms with Crippen molar-refractivity contribution in [3.63, 3.8) is 0 Å². The maximum atomic E-state index is 12.0. The van der Waals surface area contributed by atoms with Gasteiger partial charge in [-0.2, -0.15) is 0 Å². The maximum Gasteiger partial charge on any atom is 0.321 e. The molecule has 2 N–H and O–H groups in total. The van der Waals surface area contributed by atoms with Crippen molar-refractivity contribution in [1.29, 1.82) is 0 Å². The van der Waals surface area contributed by atoms with Crippen LogP contribution in [0.1, 0.15) is 32.1 Å². The number of nitrogens with one attached hydrogen (secondary N) is 2. The molecule has 0 saturated heterocycles. The Morgan fingerprint density at radius 1 is 1.36 bits per heavy atom. The molecule has 0 bridgehead atoms. The number of likely N-dealkylation sites (N-methyl/N-ethyl adjacent to an activating group) is 1. The number of hydrogen-bond donors (Lipinski definition) is 2. The molecule has 3 rings (SSSR count). The van der Waals surface area contributed by atoms with Crippen LogP contribution in [0.25, 0.3) is 11.3 Å². The van der Waals surface area contributed by atoms with Gasteiger partial charge in [0.15, 0.2) is 5.13 Å². The van der Waals surface area contributed by atoms with Gasteiger partial charge >= 0.3 is 6.03 Å². The summed E-state index contributed by atoms with van der Waals surface area (Å²) in [6.07, 6.45) is 10.1. The molecule has 0 spiro atoms.